The summed E-state index contributed by atoms with van der Waals surface area (Å²) in [5.74, 6) is -0.101. The van der Waals surface area contributed by atoms with Crippen LogP contribution >= 0.6 is 15.9 Å². The fraction of sp³-hybridized carbons (Fsp3) is 0.400. The van der Waals surface area contributed by atoms with E-state index in [2.05, 4.69) is 30.9 Å². The van der Waals surface area contributed by atoms with Crippen LogP contribution in [0.2, 0.25) is 0 Å². The molecule has 0 unspecified atom stereocenters. The van der Waals surface area contributed by atoms with Gasteiger partial charge in [0.25, 0.3) is 0 Å². The number of likely N-dealkylation sites (N-methyl/N-ethyl adjacent to an activating group) is 1. The smallest absolute Gasteiger partial charge is 0.230 e. The summed E-state index contributed by atoms with van der Waals surface area (Å²) in [5, 5.41) is 4.28. The van der Waals surface area contributed by atoms with E-state index in [9.17, 15) is 4.79 Å². The molecule has 0 spiro atoms. The average Bonchev–Trinajstić information content (AvgIpc) is 2.77. The Morgan fingerprint density at radius 2 is 2.05 bits per heavy atom. The molecule has 0 aromatic carbocycles. The fourth-order valence-electron chi connectivity index (χ4n) is 2.12. The van der Waals surface area contributed by atoms with Crippen LogP contribution in [-0.4, -0.2) is 46.1 Å². The van der Waals surface area contributed by atoms with Crippen molar-refractivity contribution in [3.63, 3.8) is 0 Å². The lowest BCUT2D eigenvalue weighted by Crippen LogP contribution is -2.22. The third-order valence-corrected chi connectivity index (χ3v) is 3.78. The van der Waals surface area contributed by atoms with Gasteiger partial charge in [0.15, 0.2) is 0 Å². The molecule has 0 fully saturated rings. The SMILES string of the molecule is Cc1cnc(C(=O)c2c(Br)cnn2CCN(C)C)c(C)c1. The molecule has 0 aliphatic heterocycles. The summed E-state index contributed by atoms with van der Waals surface area (Å²) >= 11 is 3.42. The molecule has 2 aromatic rings. The fourth-order valence-corrected chi connectivity index (χ4v) is 2.59. The largest absolute Gasteiger partial charge is 0.308 e. The van der Waals surface area contributed by atoms with Crippen molar-refractivity contribution >= 4 is 21.7 Å². The molecule has 21 heavy (non-hydrogen) atoms. The van der Waals surface area contributed by atoms with Gasteiger partial charge in [0.1, 0.15) is 11.4 Å². The first kappa shape index (κ1) is 15.9. The number of hydrogen-bond acceptors (Lipinski definition) is 4. The lowest BCUT2D eigenvalue weighted by molar-refractivity contribution is 0.102. The van der Waals surface area contributed by atoms with Crippen molar-refractivity contribution in [2.45, 2.75) is 20.4 Å². The van der Waals surface area contributed by atoms with Gasteiger partial charge in [-0.3, -0.25) is 14.5 Å². The van der Waals surface area contributed by atoms with Crippen molar-refractivity contribution < 1.29 is 4.79 Å². The minimum Gasteiger partial charge on any atom is -0.308 e. The first-order valence-electron chi connectivity index (χ1n) is 6.74. The van der Waals surface area contributed by atoms with Gasteiger partial charge in [-0.25, -0.2) is 0 Å². The molecule has 0 amide bonds. The van der Waals surface area contributed by atoms with E-state index in [-0.39, 0.29) is 5.78 Å². The number of halogens is 1. The first-order chi connectivity index (χ1) is 9.90. The predicted molar refractivity (Wildman–Crippen MR) is 85.6 cm³/mol. The highest BCUT2D eigenvalue weighted by molar-refractivity contribution is 9.10. The van der Waals surface area contributed by atoms with Gasteiger partial charge >= 0.3 is 0 Å². The van der Waals surface area contributed by atoms with Crippen LogP contribution in [0.1, 0.15) is 27.3 Å². The van der Waals surface area contributed by atoms with Gasteiger partial charge in [-0.1, -0.05) is 6.07 Å². The number of rotatable bonds is 5. The van der Waals surface area contributed by atoms with Crippen LogP contribution < -0.4 is 0 Å². The van der Waals surface area contributed by atoms with E-state index in [1.54, 1.807) is 17.1 Å². The van der Waals surface area contributed by atoms with Gasteiger partial charge in [-0.15, -0.1) is 0 Å². The molecule has 0 aliphatic rings. The van der Waals surface area contributed by atoms with E-state index in [1.807, 2.05) is 34.0 Å². The summed E-state index contributed by atoms with van der Waals surface area (Å²) in [7, 11) is 3.98. The second-order valence-electron chi connectivity index (χ2n) is 5.37. The Morgan fingerprint density at radius 3 is 2.67 bits per heavy atom. The predicted octanol–water partition coefficient (Wildman–Crippen LogP) is 2.45. The zero-order chi connectivity index (χ0) is 15.6. The second kappa shape index (κ2) is 6.49. The minimum absolute atomic E-state index is 0.101. The van der Waals surface area contributed by atoms with Crippen LogP contribution in [0.15, 0.2) is 22.9 Å². The average molecular weight is 351 g/mol. The quantitative estimate of drug-likeness (QED) is 0.777. The van der Waals surface area contributed by atoms with E-state index in [1.165, 1.54) is 0 Å². The van der Waals surface area contributed by atoms with Crippen LogP contribution in [-0.2, 0) is 6.54 Å². The number of nitrogens with zero attached hydrogens (tertiary/aromatic N) is 4. The van der Waals surface area contributed by atoms with E-state index in [0.29, 0.717) is 22.4 Å². The molecule has 0 aliphatic carbocycles. The molecule has 0 radical (unpaired) electrons. The van der Waals surface area contributed by atoms with Gasteiger partial charge in [0, 0.05) is 12.7 Å². The van der Waals surface area contributed by atoms with Crippen LogP contribution in [0.5, 0.6) is 0 Å². The van der Waals surface area contributed by atoms with E-state index in [4.69, 9.17) is 0 Å². The standard InChI is InChI=1S/C15H19BrN4O/c1-10-7-11(2)13(17-8-10)15(21)14-12(16)9-18-20(14)6-5-19(3)4/h7-9H,5-6H2,1-4H3. The van der Waals surface area contributed by atoms with Crippen LogP contribution in [0.3, 0.4) is 0 Å². The highest BCUT2D eigenvalue weighted by Gasteiger charge is 2.21. The van der Waals surface area contributed by atoms with E-state index in [0.717, 1.165) is 17.7 Å². The molecule has 112 valence electrons. The Balaban J connectivity index is 2.36. The zero-order valence-corrected chi connectivity index (χ0v) is 14.3. The number of hydrogen-bond donors (Lipinski definition) is 0. The Hall–Kier alpha value is -1.53. The van der Waals surface area contributed by atoms with Crippen molar-refractivity contribution in [2.24, 2.45) is 0 Å². The van der Waals surface area contributed by atoms with Gasteiger partial charge in [0.05, 0.1) is 17.2 Å². The highest BCUT2D eigenvalue weighted by Crippen LogP contribution is 2.21. The minimum atomic E-state index is -0.101. The summed E-state index contributed by atoms with van der Waals surface area (Å²) in [6, 6.07) is 1.97. The number of ketones is 1. The van der Waals surface area contributed by atoms with Crippen molar-refractivity contribution in [3.8, 4) is 0 Å². The molecule has 0 N–H and O–H groups in total. The number of pyridine rings is 1. The maximum atomic E-state index is 12.8. The molecular formula is C15H19BrN4O. The number of carbonyl (C=O) groups is 1. The van der Waals surface area contributed by atoms with Gasteiger partial charge in [-0.2, -0.15) is 5.10 Å². The van der Waals surface area contributed by atoms with Gasteiger partial charge < -0.3 is 4.90 Å². The van der Waals surface area contributed by atoms with Crippen LogP contribution in [0.4, 0.5) is 0 Å². The molecule has 2 rings (SSSR count). The van der Waals surface area contributed by atoms with Crippen LogP contribution in [0, 0.1) is 13.8 Å². The number of aryl methyl sites for hydroxylation is 2. The molecule has 6 heteroatoms. The Labute approximate surface area is 133 Å². The summed E-state index contributed by atoms with van der Waals surface area (Å²) in [4.78, 5) is 19.1. The monoisotopic (exact) mass is 350 g/mol. The van der Waals surface area contributed by atoms with Crippen LogP contribution in [0.25, 0.3) is 0 Å². The first-order valence-corrected chi connectivity index (χ1v) is 7.53. The maximum absolute atomic E-state index is 12.8. The van der Waals surface area contributed by atoms with Crippen molar-refractivity contribution in [1.29, 1.82) is 0 Å². The van der Waals surface area contributed by atoms with Gasteiger partial charge in [0.2, 0.25) is 5.78 Å². The number of carbonyl (C=O) groups excluding carboxylic acids is 1. The molecule has 0 bridgehead atoms. The van der Waals surface area contributed by atoms with E-state index < -0.39 is 0 Å². The lowest BCUT2D eigenvalue weighted by atomic mass is 10.1. The van der Waals surface area contributed by atoms with E-state index >= 15 is 0 Å². The molecule has 2 heterocycles. The summed E-state index contributed by atoms with van der Waals surface area (Å²) in [5.41, 5.74) is 2.96. The van der Waals surface area contributed by atoms with Gasteiger partial charge in [-0.05, 0) is 55.0 Å². The van der Waals surface area contributed by atoms with Crippen molar-refractivity contribution in [3.05, 3.63) is 45.4 Å². The summed E-state index contributed by atoms with van der Waals surface area (Å²) in [6.07, 6.45) is 3.38. The highest BCUT2D eigenvalue weighted by atomic mass is 79.9. The Kier molecular flexibility index (Phi) is 4.90. The molecular weight excluding hydrogens is 332 g/mol. The Bertz CT molecular complexity index is 664. The number of aromatic nitrogens is 3. The molecule has 2 aromatic heterocycles. The molecule has 0 saturated carbocycles. The van der Waals surface area contributed by atoms with Crippen molar-refractivity contribution in [1.82, 2.24) is 19.7 Å². The summed E-state index contributed by atoms with van der Waals surface area (Å²) in [6.45, 7) is 5.34. The molecule has 0 saturated heterocycles. The second-order valence-corrected chi connectivity index (χ2v) is 6.23. The maximum Gasteiger partial charge on any atom is 0.230 e. The zero-order valence-electron chi connectivity index (χ0n) is 12.7. The topological polar surface area (TPSA) is 51.0 Å². The summed E-state index contributed by atoms with van der Waals surface area (Å²) < 4.78 is 2.43. The molecule has 0 atom stereocenters. The third-order valence-electron chi connectivity index (χ3n) is 3.20. The third kappa shape index (κ3) is 3.57. The molecule has 5 nitrogen and oxygen atoms in total. The van der Waals surface area contributed by atoms with Crippen molar-refractivity contribution in [2.75, 3.05) is 20.6 Å². The Morgan fingerprint density at radius 1 is 1.33 bits per heavy atom. The lowest BCUT2D eigenvalue weighted by Gasteiger charge is -2.12. The normalized spacial score (nSPS) is 11.1.